The fourth-order valence-corrected chi connectivity index (χ4v) is 2.75. The molecule has 1 N–H and O–H groups in total. The van der Waals surface area contributed by atoms with Crippen LogP contribution < -0.4 is 0 Å². The second kappa shape index (κ2) is 4.79. The van der Waals surface area contributed by atoms with Crippen LogP contribution in [0.15, 0.2) is 12.1 Å². The molecule has 0 spiro atoms. The molecule has 1 aromatic carbocycles. The summed E-state index contributed by atoms with van der Waals surface area (Å²) in [6, 6.07) is 5.02. The predicted molar refractivity (Wildman–Crippen MR) is 71.3 cm³/mol. The van der Waals surface area contributed by atoms with Crippen LogP contribution in [-0.4, -0.2) is 29.6 Å². The molecule has 0 saturated heterocycles. The third-order valence-electron chi connectivity index (χ3n) is 3.70. The fraction of sp³-hybridized carbons (Fsp3) is 0.600. The average molecular weight is 233 g/mol. The monoisotopic (exact) mass is 233 g/mol. The molecule has 0 heterocycles. The van der Waals surface area contributed by atoms with Crippen molar-refractivity contribution >= 4 is 0 Å². The molecule has 0 amide bonds. The third kappa shape index (κ3) is 2.88. The van der Waals surface area contributed by atoms with Gasteiger partial charge in [-0.2, -0.15) is 0 Å². The number of rotatable bonds is 4. The second-order valence-corrected chi connectivity index (χ2v) is 5.50. The van der Waals surface area contributed by atoms with Crippen molar-refractivity contribution in [1.29, 1.82) is 0 Å². The van der Waals surface area contributed by atoms with E-state index in [1.54, 1.807) is 0 Å². The van der Waals surface area contributed by atoms with Crippen LogP contribution in [0.2, 0.25) is 0 Å². The van der Waals surface area contributed by atoms with Gasteiger partial charge >= 0.3 is 0 Å². The Bertz CT molecular complexity index is 386. The number of benzene rings is 1. The first-order chi connectivity index (χ1) is 7.99. The zero-order chi connectivity index (χ0) is 12.6. The summed E-state index contributed by atoms with van der Waals surface area (Å²) < 4.78 is 0. The van der Waals surface area contributed by atoms with Gasteiger partial charge in [0.25, 0.3) is 0 Å². The van der Waals surface area contributed by atoms with Gasteiger partial charge in [-0.15, -0.1) is 0 Å². The second-order valence-electron chi connectivity index (χ2n) is 5.50. The predicted octanol–water partition coefficient (Wildman–Crippen LogP) is 2.74. The number of aliphatic hydroxyl groups is 1. The van der Waals surface area contributed by atoms with Gasteiger partial charge in [-0.3, -0.25) is 0 Å². The van der Waals surface area contributed by atoms with Crippen LogP contribution in [0.5, 0.6) is 0 Å². The number of nitrogens with zero attached hydrogens (tertiary/aromatic N) is 1. The molecule has 1 atom stereocenters. The molecule has 1 aliphatic carbocycles. The molecular weight excluding hydrogens is 210 g/mol. The van der Waals surface area contributed by atoms with E-state index in [1.807, 2.05) is 0 Å². The maximum atomic E-state index is 10.4. The van der Waals surface area contributed by atoms with Gasteiger partial charge in [0.05, 0.1) is 6.10 Å². The summed E-state index contributed by atoms with van der Waals surface area (Å²) in [7, 11) is 2.11. The topological polar surface area (TPSA) is 23.5 Å². The molecule has 94 valence electrons. The standard InChI is InChI=1S/C15H23NO/c1-10-7-11(2)15(12(3)8-10)14(17)9-16(4)13-5-6-13/h7-8,13-14,17H,5-6,9H2,1-4H3. The van der Waals surface area contributed by atoms with Crippen LogP contribution in [0, 0.1) is 20.8 Å². The van der Waals surface area contributed by atoms with Gasteiger partial charge in [0.2, 0.25) is 0 Å². The molecule has 1 fully saturated rings. The van der Waals surface area contributed by atoms with Crippen molar-refractivity contribution in [2.45, 2.75) is 45.8 Å². The molecule has 0 radical (unpaired) electrons. The van der Waals surface area contributed by atoms with Gasteiger partial charge in [-0.1, -0.05) is 17.7 Å². The Morgan fingerprint density at radius 3 is 2.24 bits per heavy atom. The molecule has 0 bridgehead atoms. The van der Waals surface area contributed by atoms with Gasteiger partial charge in [-0.05, 0) is 57.4 Å². The van der Waals surface area contributed by atoms with E-state index in [0.29, 0.717) is 6.04 Å². The summed E-state index contributed by atoms with van der Waals surface area (Å²) >= 11 is 0. The minimum Gasteiger partial charge on any atom is -0.387 e. The molecule has 1 aliphatic rings. The van der Waals surface area contributed by atoms with Gasteiger partial charge in [-0.25, -0.2) is 0 Å². The highest BCUT2D eigenvalue weighted by Gasteiger charge is 2.28. The first-order valence-electron chi connectivity index (χ1n) is 6.45. The van der Waals surface area contributed by atoms with Gasteiger partial charge in [0.15, 0.2) is 0 Å². The van der Waals surface area contributed by atoms with Crippen molar-refractivity contribution in [3.63, 3.8) is 0 Å². The van der Waals surface area contributed by atoms with E-state index in [9.17, 15) is 5.11 Å². The lowest BCUT2D eigenvalue weighted by atomic mass is 9.95. The molecule has 1 unspecified atom stereocenters. The number of aliphatic hydroxyl groups excluding tert-OH is 1. The van der Waals surface area contributed by atoms with Crippen molar-refractivity contribution in [3.05, 3.63) is 34.4 Å². The lowest BCUT2D eigenvalue weighted by Crippen LogP contribution is -2.27. The molecule has 1 saturated carbocycles. The highest BCUT2D eigenvalue weighted by molar-refractivity contribution is 5.39. The van der Waals surface area contributed by atoms with E-state index >= 15 is 0 Å². The molecule has 0 aliphatic heterocycles. The lowest BCUT2D eigenvalue weighted by molar-refractivity contribution is 0.122. The maximum absolute atomic E-state index is 10.4. The minimum absolute atomic E-state index is 0.360. The minimum atomic E-state index is -0.360. The number of hydrogen-bond acceptors (Lipinski definition) is 2. The van der Waals surface area contributed by atoms with Crippen LogP contribution in [-0.2, 0) is 0 Å². The average Bonchev–Trinajstić information content (AvgIpc) is 2.97. The van der Waals surface area contributed by atoms with Crippen molar-refractivity contribution < 1.29 is 5.11 Å². The van der Waals surface area contributed by atoms with E-state index < -0.39 is 0 Å². The lowest BCUT2D eigenvalue weighted by Gasteiger charge is -2.23. The molecule has 17 heavy (non-hydrogen) atoms. The summed E-state index contributed by atoms with van der Waals surface area (Å²) in [6.07, 6.45) is 2.21. The Labute approximate surface area is 104 Å². The van der Waals surface area contributed by atoms with Crippen LogP contribution >= 0.6 is 0 Å². The SMILES string of the molecule is Cc1cc(C)c(C(O)CN(C)C2CC2)c(C)c1. The highest BCUT2D eigenvalue weighted by Crippen LogP contribution is 2.29. The Hall–Kier alpha value is -0.860. The first kappa shape index (κ1) is 12.6. The van der Waals surface area contributed by atoms with Crippen molar-refractivity contribution in [2.24, 2.45) is 0 Å². The normalized spacial score (nSPS) is 17.5. The molecule has 2 heteroatoms. The largest absolute Gasteiger partial charge is 0.387 e. The van der Waals surface area contributed by atoms with Crippen LogP contribution in [0.4, 0.5) is 0 Å². The summed E-state index contributed by atoms with van der Waals surface area (Å²) in [5, 5.41) is 10.4. The van der Waals surface area contributed by atoms with Crippen LogP contribution in [0.1, 0.15) is 41.2 Å². The zero-order valence-corrected chi connectivity index (χ0v) is 11.3. The van der Waals surface area contributed by atoms with E-state index in [1.165, 1.54) is 29.5 Å². The molecular formula is C15H23NO. The smallest absolute Gasteiger partial charge is 0.0922 e. The van der Waals surface area contributed by atoms with E-state index in [-0.39, 0.29) is 6.10 Å². The van der Waals surface area contributed by atoms with Crippen molar-refractivity contribution in [3.8, 4) is 0 Å². The zero-order valence-electron chi connectivity index (χ0n) is 11.3. The summed E-state index contributed by atoms with van der Waals surface area (Å²) in [6.45, 7) is 7.03. The van der Waals surface area contributed by atoms with Gasteiger partial charge in [0, 0.05) is 12.6 Å². The van der Waals surface area contributed by atoms with Crippen molar-refractivity contribution in [1.82, 2.24) is 4.90 Å². The summed E-state index contributed by atoms with van der Waals surface area (Å²) in [4.78, 5) is 2.28. The van der Waals surface area contributed by atoms with Crippen molar-refractivity contribution in [2.75, 3.05) is 13.6 Å². The Kier molecular flexibility index (Phi) is 3.55. The number of likely N-dealkylation sites (N-methyl/N-ethyl adjacent to an activating group) is 1. The van der Waals surface area contributed by atoms with Crippen LogP contribution in [0.3, 0.4) is 0 Å². The Balaban J connectivity index is 2.15. The van der Waals surface area contributed by atoms with Gasteiger partial charge < -0.3 is 10.0 Å². The van der Waals surface area contributed by atoms with E-state index in [2.05, 4.69) is 44.9 Å². The third-order valence-corrected chi connectivity index (χ3v) is 3.70. The maximum Gasteiger partial charge on any atom is 0.0922 e. The summed E-state index contributed by atoms with van der Waals surface area (Å²) in [5.41, 5.74) is 4.80. The van der Waals surface area contributed by atoms with Crippen LogP contribution in [0.25, 0.3) is 0 Å². The fourth-order valence-electron chi connectivity index (χ4n) is 2.75. The first-order valence-corrected chi connectivity index (χ1v) is 6.45. The highest BCUT2D eigenvalue weighted by atomic mass is 16.3. The van der Waals surface area contributed by atoms with E-state index in [4.69, 9.17) is 0 Å². The Morgan fingerprint density at radius 2 is 1.76 bits per heavy atom. The quantitative estimate of drug-likeness (QED) is 0.864. The summed E-state index contributed by atoms with van der Waals surface area (Å²) in [5.74, 6) is 0. The number of hydrogen-bond donors (Lipinski definition) is 1. The Morgan fingerprint density at radius 1 is 1.24 bits per heavy atom. The molecule has 2 rings (SSSR count). The molecule has 2 nitrogen and oxygen atoms in total. The van der Waals surface area contributed by atoms with Gasteiger partial charge in [0.1, 0.15) is 0 Å². The number of aryl methyl sites for hydroxylation is 3. The molecule has 0 aromatic heterocycles. The van der Waals surface area contributed by atoms with E-state index in [0.717, 1.165) is 12.1 Å². The molecule has 1 aromatic rings.